The molecule has 5 nitrogen and oxygen atoms in total. The summed E-state index contributed by atoms with van der Waals surface area (Å²) in [7, 11) is 1.84. The maximum atomic E-state index is 5.88. The van der Waals surface area contributed by atoms with Crippen LogP contribution >= 0.6 is 35.3 Å². The lowest BCUT2D eigenvalue weighted by Crippen LogP contribution is -2.48. The van der Waals surface area contributed by atoms with Crippen molar-refractivity contribution in [3.05, 3.63) is 88.8 Å². The molecule has 0 bridgehead atoms. The van der Waals surface area contributed by atoms with Gasteiger partial charge in [0.1, 0.15) is 0 Å². The number of hydrogen-bond donors (Lipinski definition) is 2. The second kappa shape index (κ2) is 13.6. The zero-order valence-electron chi connectivity index (χ0n) is 19.1. The van der Waals surface area contributed by atoms with Gasteiger partial charge in [0.25, 0.3) is 0 Å². The highest BCUT2D eigenvalue weighted by Gasteiger charge is 2.20. The predicted octanol–water partition coefficient (Wildman–Crippen LogP) is 5.42. The molecule has 176 valence electrons. The molecule has 0 aliphatic carbocycles. The minimum absolute atomic E-state index is 0. The molecule has 1 fully saturated rings. The number of benzene rings is 2. The summed E-state index contributed by atoms with van der Waals surface area (Å²) in [5.74, 6) is 0.866. The van der Waals surface area contributed by atoms with Crippen LogP contribution in [0.15, 0.2) is 77.1 Å². The molecule has 2 aromatic carbocycles. The molecule has 0 amide bonds. The third kappa shape index (κ3) is 8.01. The van der Waals surface area contributed by atoms with Crippen LogP contribution in [0.5, 0.6) is 0 Å². The fourth-order valence-corrected chi connectivity index (χ4v) is 4.74. The van der Waals surface area contributed by atoms with E-state index in [2.05, 4.69) is 74.4 Å². The van der Waals surface area contributed by atoms with E-state index in [4.69, 9.17) is 4.74 Å². The van der Waals surface area contributed by atoms with E-state index in [9.17, 15) is 0 Å². The predicted molar refractivity (Wildman–Crippen MR) is 150 cm³/mol. The molecule has 1 aliphatic heterocycles. The highest BCUT2D eigenvalue weighted by Crippen LogP contribution is 2.24. The molecule has 1 saturated heterocycles. The van der Waals surface area contributed by atoms with E-state index >= 15 is 0 Å². The lowest BCUT2D eigenvalue weighted by Gasteiger charge is -2.33. The molecular formula is C26H33IN4OS. The van der Waals surface area contributed by atoms with Crippen LogP contribution in [-0.4, -0.2) is 32.1 Å². The molecule has 0 unspecified atom stereocenters. The fourth-order valence-electron chi connectivity index (χ4n) is 3.96. The molecule has 3 aromatic rings. The molecule has 0 saturated carbocycles. The summed E-state index contributed by atoms with van der Waals surface area (Å²) < 4.78 is 5.88. The Labute approximate surface area is 218 Å². The van der Waals surface area contributed by atoms with Gasteiger partial charge in [-0.3, -0.25) is 4.99 Å². The first-order valence-corrected chi connectivity index (χ1v) is 12.1. The van der Waals surface area contributed by atoms with Gasteiger partial charge in [-0.25, -0.2) is 0 Å². The first-order chi connectivity index (χ1) is 15.8. The lowest BCUT2D eigenvalue weighted by molar-refractivity contribution is 0.107. The zero-order valence-corrected chi connectivity index (χ0v) is 22.2. The Morgan fingerprint density at radius 1 is 0.970 bits per heavy atom. The summed E-state index contributed by atoms with van der Waals surface area (Å²) in [5, 5.41) is 10.6. The Morgan fingerprint density at radius 2 is 1.70 bits per heavy atom. The quantitative estimate of drug-likeness (QED) is 0.214. The van der Waals surface area contributed by atoms with Gasteiger partial charge in [0.2, 0.25) is 0 Å². The number of nitrogens with one attached hydrogen (secondary N) is 2. The van der Waals surface area contributed by atoms with Gasteiger partial charge in [0.15, 0.2) is 5.96 Å². The summed E-state index contributed by atoms with van der Waals surface area (Å²) in [6, 6.07) is 23.6. The maximum absolute atomic E-state index is 5.88. The van der Waals surface area contributed by atoms with E-state index in [1.807, 2.05) is 36.6 Å². The number of hydrogen-bond acceptors (Lipinski definition) is 4. The van der Waals surface area contributed by atoms with Gasteiger partial charge >= 0.3 is 0 Å². The van der Waals surface area contributed by atoms with E-state index in [0.29, 0.717) is 19.3 Å². The average molecular weight is 577 g/mol. The van der Waals surface area contributed by atoms with Crippen molar-refractivity contribution in [2.24, 2.45) is 4.99 Å². The molecule has 0 spiro atoms. The van der Waals surface area contributed by atoms with E-state index in [0.717, 1.165) is 38.4 Å². The van der Waals surface area contributed by atoms with Crippen molar-refractivity contribution in [2.45, 2.75) is 38.6 Å². The van der Waals surface area contributed by atoms with Crippen molar-refractivity contribution in [1.29, 1.82) is 0 Å². The first kappa shape index (κ1) is 25.5. The SMILES string of the molecule is CN=C(NCc1cccc(COCc2ccccc2)c1)NC1CCN(c2cccs2)CC1.I. The Balaban J connectivity index is 0.00000306. The van der Waals surface area contributed by atoms with Crippen molar-refractivity contribution in [2.75, 3.05) is 25.0 Å². The molecule has 0 atom stereocenters. The minimum Gasteiger partial charge on any atom is -0.372 e. The maximum Gasteiger partial charge on any atom is 0.191 e. The molecule has 2 heterocycles. The number of guanidine groups is 1. The van der Waals surface area contributed by atoms with Gasteiger partial charge in [-0.2, -0.15) is 0 Å². The smallest absolute Gasteiger partial charge is 0.191 e. The molecule has 2 N–H and O–H groups in total. The number of nitrogens with zero attached hydrogens (tertiary/aromatic N) is 2. The largest absolute Gasteiger partial charge is 0.372 e. The summed E-state index contributed by atoms with van der Waals surface area (Å²) in [4.78, 5) is 6.91. The van der Waals surface area contributed by atoms with Crippen LogP contribution in [0.3, 0.4) is 0 Å². The van der Waals surface area contributed by atoms with Crippen LogP contribution in [0.2, 0.25) is 0 Å². The molecule has 7 heteroatoms. The first-order valence-electron chi connectivity index (χ1n) is 11.3. The van der Waals surface area contributed by atoms with Crippen molar-refractivity contribution in [1.82, 2.24) is 10.6 Å². The van der Waals surface area contributed by atoms with Crippen LogP contribution in [0.4, 0.5) is 5.00 Å². The normalized spacial score (nSPS) is 14.6. The van der Waals surface area contributed by atoms with E-state index < -0.39 is 0 Å². The minimum atomic E-state index is 0. The average Bonchev–Trinajstić information content (AvgIpc) is 3.38. The van der Waals surface area contributed by atoms with Gasteiger partial charge in [-0.1, -0.05) is 54.6 Å². The summed E-state index contributed by atoms with van der Waals surface area (Å²) in [6.07, 6.45) is 2.24. The van der Waals surface area contributed by atoms with Crippen molar-refractivity contribution < 1.29 is 4.74 Å². The summed E-state index contributed by atoms with van der Waals surface area (Å²) in [5.41, 5.74) is 3.60. The van der Waals surface area contributed by atoms with Gasteiger partial charge in [-0.15, -0.1) is 35.3 Å². The monoisotopic (exact) mass is 576 g/mol. The van der Waals surface area contributed by atoms with Gasteiger partial charge in [-0.05, 0) is 47.0 Å². The number of thiophene rings is 1. The van der Waals surface area contributed by atoms with Crippen LogP contribution in [0.1, 0.15) is 29.5 Å². The van der Waals surface area contributed by atoms with Crippen molar-refractivity contribution in [3.8, 4) is 0 Å². The highest BCUT2D eigenvalue weighted by molar-refractivity contribution is 14.0. The molecular weight excluding hydrogens is 543 g/mol. The number of ether oxygens (including phenoxy) is 1. The molecule has 0 radical (unpaired) electrons. The number of aliphatic imine (C=N–C) groups is 1. The molecule has 1 aromatic heterocycles. The topological polar surface area (TPSA) is 48.9 Å². The molecule has 33 heavy (non-hydrogen) atoms. The van der Waals surface area contributed by atoms with Crippen LogP contribution in [-0.2, 0) is 24.5 Å². The number of anilines is 1. The van der Waals surface area contributed by atoms with E-state index in [1.54, 1.807) is 0 Å². The van der Waals surface area contributed by atoms with Gasteiger partial charge in [0.05, 0.1) is 18.2 Å². The molecule has 1 aliphatic rings. The standard InChI is InChI=1S/C26H32N4OS.HI/c1-27-26(29-24-12-14-30(15-13-24)25-11-6-16-32-25)28-18-22-9-5-10-23(17-22)20-31-19-21-7-3-2-4-8-21;/h2-11,16-17,24H,12-15,18-20H2,1H3,(H2,27,28,29);1H. The van der Waals surface area contributed by atoms with E-state index in [-0.39, 0.29) is 24.0 Å². The third-order valence-electron chi connectivity index (χ3n) is 5.71. The number of halogens is 1. The summed E-state index contributed by atoms with van der Waals surface area (Å²) in [6.45, 7) is 4.14. The number of piperidine rings is 1. The summed E-state index contributed by atoms with van der Waals surface area (Å²) >= 11 is 1.82. The second-order valence-electron chi connectivity index (χ2n) is 8.08. The van der Waals surface area contributed by atoms with Crippen LogP contribution in [0.25, 0.3) is 0 Å². The third-order valence-corrected chi connectivity index (χ3v) is 6.64. The van der Waals surface area contributed by atoms with E-state index in [1.165, 1.54) is 21.7 Å². The van der Waals surface area contributed by atoms with Gasteiger partial charge in [0, 0.05) is 32.7 Å². The Hall–Kier alpha value is -2.10. The Kier molecular flexibility index (Phi) is 10.5. The Morgan fingerprint density at radius 3 is 2.42 bits per heavy atom. The van der Waals surface area contributed by atoms with Crippen LogP contribution in [0, 0.1) is 0 Å². The van der Waals surface area contributed by atoms with Crippen molar-refractivity contribution >= 4 is 46.3 Å². The second-order valence-corrected chi connectivity index (χ2v) is 9.01. The fraction of sp³-hybridized carbons (Fsp3) is 0.346. The van der Waals surface area contributed by atoms with Crippen LogP contribution < -0.4 is 15.5 Å². The zero-order chi connectivity index (χ0) is 22.0. The van der Waals surface area contributed by atoms with Gasteiger partial charge < -0.3 is 20.3 Å². The highest BCUT2D eigenvalue weighted by atomic mass is 127. The number of rotatable bonds is 8. The Bertz CT molecular complexity index is 973. The lowest BCUT2D eigenvalue weighted by atomic mass is 10.1. The molecule has 4 rings (SSSR count). The van der Waals surface area contributed by atoms with Crippen molar-refractivity contribution in [3.63, 3.8) is 0 Å².